The van der Waals surface area contributed by atoms with E-state index in [-0.39, 0.29) is 5.91 Å². The number of benzene rings is 2. The summed E-state index contributed by atoms with van der Waals surface area (Å²) in [6.45, 7) is 2.05. The van der Waals surface area contributed by atoms with Gasteiger partial charge in [-0.25, -0.2) is 0 Å². The van der Waals surface area contributed by atoms with Crippen LogP contribution in [0.4, 0.5) is 0 Å². The number of thiocarbonyl (C=S) groups is 1. The van der Waals surface area contributed by atoms with Crippen molar-refractivity contribution in [1.29, 1.82) is 0 Å². The molecular weight excluding hydrogens is 408 g/mol. The lowest BCUT2D eigenvalue weighted by atomic mass is 9.98. The standard InChI is InChI=1S/C25H28N2O3S/c1-17-8-10-18(11-9-17)22-24(31)27(25(26-22)14-6-4-5-7-15-25)23(28)19-12-13-20(29-2)21(16-19)30-3/h8-13,16H,4-7,14-15H2,1-3H3. The highest BCUT2D eigenvalue weighted by molar-refractivity contribution is 7.82. The molecule has 6 heteroatoms. The number of methoxy groups -OCH3 is 2. The first kappa shape index (κ1) is 21.5. The minimum Gasteiger partial charge on any atom is -0.493 e. The van der Waals surface area contributed by atoms with Gasteiger partial charge in [0.2, 0.25) is 0 Å². The molecule has 1 aliphatic heterocycles. The molecule has 0 bridgehead atoms. The molecule has 0 saturated heterocycles. The van der Waals surface area contributed by atoms with Crippen molar-refractivity contribution in [2.75, 3.05) is 14.2 Å². The van der Waals surface area contributed by atoms with Crippen LogP contribution in [0.2, 0.25) is 0 Å². The maximum atomic E-state index is 13.8. The van der Waals surface area contributed by atoms with Gasteiger partial charge in [0.15, 0.2) is 11.5 Å². The topological polar surface area (TPSA) is 51.1 Å². The van der Waals surface area contributed by atoms with E-state index in [1.807, 2.05) is 12.1 Å². The number of hydrogen-bond donors (Lipinski definition) is 0. The molecular formula is C25H28N2O3S. The number of amides is 1. The molecule has 5 nitrogen and oxygen atoms in total. The van der Waals surface area contributed by atoms with Gasteiger partial charge >= 0.3 is 0 Å². The largest absolute Gasteiger partial charge is 0.493 e. The van der Waals surface area contributed by atoms with Gasteiger partial charge < -0.3 is 9.47 Å². The van der Waals surface area contributed by atoms with Crippen LogP contribution in [0.1, 0.15) is 60.0 Å². The molecule has 0 N–H and O–H groups in total. The van der Waals surface area contributed by atoms with E-state index in [1.54, 1.807) is 37.3 Å². The second-order valence-electron chi connectivity index (χ2n) is 8.24. The first-order valence-corrected chi connectivity index (χ1v) is 11.2. The summed E-state index contributed by atoms with van der Waals surface area (Å²) in [7, 11) is 3.15. The molecule has 1 heterocycles. The molecule has 2 aliphatic rings. The Morgan fingerprint density at radius 3 is 2.23 bits per heavy atom. The summed E-state index contributed by atoms with van der Waals surface area (Å²) in [6, 6.07) is 13.4. The average Bonchev–Trinajstić information content (AvgIpc) is 2.92. The van der Waals surface area contributed by atoms with Crippen molar-refractivity contribution in [3.05, 3.63) is 59.2 Å². The Hall–Kier alpha value is -2.73. The van der Waals surface area contributed by atoms with E-state index >= 15 is 0 Å². The van der Waals surface area contributed by atoms with Crippen LogP contribution in [0, 0.1) is 6.92 Å². The minimum absolute atomic E-state index is 0.140. The average molecular weight is 437 g/mol. The molecule has 31 heavy (non-hydrogen) atoms. The van der Waals surface area contributed by atoms with Crippen LogP contribution >= 0.6 is 12.2 Å². The number of aryl methyl sites for hydroxylation is 1. The zero-order valence-corrected chi connectivity index (χ0v) is 19.1. The zero-order chi connectivity index (χ0) is 22.0. The molecule has 0 unspecified atom stereocenters. The Morgan fingerprint density at radius 2 is 1.61 bits per heavy atom. The van der Waals surface area contributed by atoms with Crippen LogP contribution < -0.4 is 9.47 Å². The number of hydrogen-bond acceptors (Lipinski definition) is 5. The minimum atomic E-state index is -0.613. The fourth-order valence-corrected chi connectivity index (χ4v) is 4.93. The number of rotatable bonds is 4. The number of nitrogens with zero attached hydrogens (tertiary/aromatic N) is 2. The molecule has 1 saturated carbocycles. The van der Waals surface area contributed by atoms with Gasteiger partial charge in [0.05, 0.1) is 14.2 Å². The molecule has 2 aromatic carbocycles. The Morgan fingerprint density at radius 1 is 0.968 bits per heavy atom. The molecule has 1 spiro atoms. The zero-order valence-electron chi connectivity index (χ0n) is 18.3. The van der Waals surface area contributed by atoms with Crippen molar-refractivity contribution < 1.29 is 14.3 Å². The van der Waals surface area contributed by atoms with E-state index < -0.39 is 5.66 Å². The van der Waals surface area contributed by atoms with Crippen molar-refractivity contribution in [2.45, 2.75) is 51.1 Å². The Kier molecular flexibility index (Phi) is 6.10. The van der Waals surface area contributed by atoms with E-state index in [2.05, 4.69) is 19.1 Å². The van der Waals surface area contributed by atoms with Gasteiger partial charge in [-0.05, 0) is 50.8 Å². The number of aliphatic imine (C=N–C) groups is 1. The summed E-state index contributed by atoms with van der Waals surface area (Å²) in [5.74, 6) is 0.968. The summed E-state index contributed by atoms with van der Waals surface area (Å²) in [5.41, 5.74) is 2.78. The molecule has 162 valence electrons. The predicted molar refractivity (Wildman–Crippen MR) is 126 cm³/mol. The maximum Gasteiger partial charge on any atom is 0.261 e. The highest BCUT2D eigenvalue weighted by Gasteiger charge is 2.48. The fraction of sp³-hybridized carbons (Fsp3) is 0.400. The summed E-state index contributed by atoms with van der Waals surface area (Å²) in [6.07, 6.45) is 6.01. The summed E-state index contributed by atoms with van der Waals surface area (Å²) < 4.78 is 10.7. The van der Waals surface area contributed by atoms with Crippen LogP contribution in [0.25, 0.3) is 0 Å². The second kappa shape index (κ2) is 8.79. The lowest BCUT2D eigenvalue weighted by molar-refractivity contribution is 0.0691. The van der Waals surface area contributed by atoms with Crippen LogP contribution in [0.15, 0.2) is 47.5 Å². The Balaban J connectivity index is 1.77. The van der Waals surface area contributed by atoms with Crippen molar-refractivity contribution in [2.24, 2.45) is 4.99 Å². The smallest absolute Gasteiger partial charge is 0.261 e. The molecule has 0 atom stereocenters. The van der Waals surface area contributed by atoms with Crippen LogP contribution in [-0.2, 0) is 0 Å². The van der Waals surface area contributed by atoms with Crippen LogP contribution in [0.5, 0.6) is 11.5 Å². The van der Waals surface area contributed by atoms with Crippen molar-refractivity contribution in [1.82, 2.24) is 4.90 Å². The van der Waals surface area contributed by atoms with Crippen molar-refractivity contribution >= 4 is 28.8 Å². The van der Waals surface area contributed by atoms with Crippen LogP contribution in [-0.4, -0.2) is 41.4 Å². The first-order valence-electron chi connectivity index (χ1n) is 10.8. The van der Waals surface area contributed by atoms with Gasteiger partial charge in [-0.15, -0.1) is 0 Å². The molecule has 2 aromatic rings. The molecule has 1 fully saturated rings. The predicted octanol–water partition coefficient (Wildman–Crippen LogP) is 5.34. The lowest BCUT2D eigenvalue weighted by Gasteiger charge is -2.35. The van der Waals surface area contributed by atoms with Gasteiger partial charge in [0.1, 0.15) is 16.4 Å². The van der Waals surface area contributed by atoms with Gasteiger partial charge in [-0.2, -0.15) is 0 Å². The second-order valence-corrected chi connectivity index (χ2v) is 8.63. The van der Waals surface area contributed by atoms with E-state index in [1.165, 1.54) is 5.56 Å². The molecule has 1 aliphatic carbocycles. The summed E-state index contributed by atoms with van der Waals surface area (Å²) in [4.78, 5) is 21.2. The third kappa shape index (κ3) is 3.97. The molecule has 0 radical (unpaired) electrons. The van der Waals surface area contributed by atoms with E-state index in [9.17, 15) is 4.79 Å². The highest BCUT2D eigenvalue weighted by Crippen LogP contribution is 2.41. The number of carbonyl (C=O) groups excluding carboxylic acids is 1. The quantitative estimate of drug-likeness (QED) is 0.608. The molecule has 0 aromatic heterocycles. The monoisotopic (exact) mass is 436 g/mol. The summed E-state index contributed by atoms with van der Waals surface area (Å²) in [5, 5.41) is 0. The Labute approximate surface area is 189 Å². The third-order valence-electron chi connectivity index (χ3n) is 6.20. The number of ether oxygens (including phenoxy) is 2. The van der Waals surface area contributed by atoms with Gasteiger partial charge in [0.25, 0.3) is 5.91 Å². The molecule has 4 rings (SSSR count). The first-order chi connectivity index (χ1) is 15.0. The van der Waals surface area contributed by atoms with E-state index in [0.29, 0.717) is 22.1 Å². The maximum absolute atomic E-state index is 13.8. The van der Waals surface area contributed by atoms with Crippen molar-refractivity contribution in [3.63, 3.8) is 0 Å². The van der Waals surface area contributed by atoms with E-state index in [0.717, 1.165) is 49.8 Å². The highest BCUT2D eigenvalue weighted by atomic mass is 32.1. The lowest BCUT2D eigenvalue weighted by Crippen LogP contribution is -2.49. The van der Waals surface area contributed by atoms with Gasteiger partial charge in [0, 0.05) is 11.1 Å². The van der Waals surface area contributed by atoms with Gasteiger partial charge in [-0.3, -0.25) is 14.7 Å². The third-order valence-corrected chi connectivity index (χ3v) is 6.58. The molecule has 1 amide bonds. The van der Waals surface area contributed by atoms with Crippen LogP contribution in [0.3, 0.4) is 0 Å². The summed E-state index contributed by atoms with van der Waals surface area (Å²) >= 11 is 5.88. The normalized spacial score (nSPS) is 18.0. The van der Waals surface area contributed by atoms with Gasteiger partial charge in [-0.1, -0.05) is 54.9 Å². The number of carbonyl (C=O) groups is 1. The fourth-order valence-electron chi connectivity index (χ4n) is 4.51. The Bertz CT molecular complexity index is 1020. The van der Waals surface area contributed by atoms with E-state index in [4.69, 9.17) is 26.7 Å². The SMILES string of the molecule is COc1ccc(C(=O)N2C(=S)C(c3ccc(C)cc3)=NC23CCCCCC3)cc1OC. The van der Waals surface area contributed by atoms with Crippen molar-refractivity contribution in [3.8, 4) is 11.5 Å².